The van der Waals surface area contributed by atoms with Gasteiger partial charge in [-0.05, 0) is 24.6 Å². The number of rotatable bonds is 7. The predicted molar refractivity (Wildman–Crippen MR) is 77.3 cm³/mol. The van der Waals surface area contributed by atoms with Crippen molar-refractivity contribution in [3.8, 4) is 5.75 Å². The Morgan fingerprint density at radius 1 is 1.32 bits per heavy atom. The van der Waals surface area contributed by atoms with Gasteiger partial charge >= 0.3 is 0 Å². The van der Waals surface area contributed by atoms with Gasteiger partial charge in [0.25, 0.3) is 0 Å². The molecular formula is C13H20ClNO3S. The summed E-state index contributed by atoms with van der Waals surface area (Å²) in [5.41, 5.74) is 0. The molecule has 0 aliphatic carbocycles. The smallest absolute Gasteiger partial charge is 0.246 e. The minimum atomic E-state index is -3.56. The van der Waals surface area contributed by atoms with Gasteiger partial charge in [0.05, 0.1) is 7.11 Å². The summed E-state index contributed by atoms with van der Waals surface area (Å²) in [6, 6.07) is 4.59. The summed E-state index contributed by atoms with van der Waals surface area (Å²) in [6.45, 7) is 2.57. The second kappa shape index (κ2) is 7.12. The first-order valence-electron chi connectivity index (χ1n) is 6.23. The van der Waals surface area contributed by atoms with Gasteiger partial charge in [-0.3, -0.25) is 0 Å². The van der Waals surface area contributed by atoms with E-state index in [4.69, 9.17) is 16.3 Å². The Labute approximate surface area is 120 Å². The summed E-state index contributed by atoms with van der Waals surface area (Å²) in [6.07, 6.45) is 2.90. The number of nitrogens with zero attached hydrogens (tertiary/aromatic N) is 1. The van der Waals surface area contributed by atoms with Crippen molar-refractivity contribution in [2.75, 3.05) is 20.7 Å². The second-order valence-corrected chi connectivity index (χ2v) is 6.78. The van der Waals surface area contributed by atoms with Gasteiger partial charge in [0.15, 0.2) is 0 Å². The van der Waals surface area contributed by atoms with Gasteiger partial charge in [-0.1, -0.05) is 31.4 Å². The lowest BCUT2D eigenvalue weighted by Gasteiger charge is -2.18. The quantitative estimate of drug-likeness (QED) is 0.727. The number of ether oxygens (including phenoxy) is 1. The monoisotopic (exact) mass is 305 g/mol. The average Bonchev–Trinajstić information content (AvgIpc) is 2.38. The van der Waals surface area contributed by atoms with E-state index < -0.39 is 10.0 Å². The maximum atomic E-state index is 12.4. The first kappa shape index (κ1) is 16.3. The maximum absolute atomic E-state index is 12.4. The Kier molecular flexibility index (Phi) is 6.10. The molecule has 0 saturated carbocycles. The van der Waals surface area contributed by atoms with Gasteiger partial charge in [0, 0.05) is 18.6 Å². The Morgan fingerprint density at radius 3 is 2.58 bits per heavy atom. The molecule has 19 heavy (non-hydrogen) atoms. The molecule has 0 amide bonds. The molecule has 0 radical (unpaired) electrons. The normalized spacial score (nSPS) is 11.8. The van der Waals surface area contributed by atoms with Gasteiger partial charge < -0.3 is 4.74 Å². The lowest BCUT2D eigenvalue weighted by atomic mass is 10.2. The molecule has 0 bridgehead atoms. The van der Waals surface area contributed by atoms with Gasteiger partial charge in [0.1, 0.15) is 10.6 Å². The molecule has 0 aliphatic rings. The Morgan fingerprint density at radius 2 is 2.00 bits per heavy atom. The van der Waals surface area contributed by atoms with Crippen molar-refractivity contribution in [1.82, 2.24) is 4.31 Å². The van der Waals surface area contributed by atoms with Crippen molar-refractivity contribution in [2.45, 2.75) is 31.1 Å². The summed E-state index contributed by atoms with van der Waals surface area (Å²) in [5, 5.41) is 0.376. The molecule has 0 aliphatic heterocycles. The summed E-state index contributed by atoms with van der Waals surface area (Å²) in [5.74, 6) is 0.312. The number of hydrogen-bond acceptors (Lipinski definition) is 3. The lowest BCUT2D eigenvalue weighted by molar-refractivity contribution is 0.397. The highest BCUT2D eigenvalue weighted by Crippen LogP contribution is 2.29. The van der Waals surface area contributed by atoms with E-state index in [1.54, 1.807) is 19.2 Å². The Bertz CT molecular complexity index is 517. The number of sulfonamides is 1. The van der Waals surface area contributed by atoms with Crippen LogP contribution in [0.2, 0.25) is 5.02 Å². The predicted octanol–water partition coefficient (Wildman–Crippen LogP) is 3.16. The highest BCUT2D eigenvalue weighted by molar-refractivity contribution is 7.89. The van der Waals surface area contributed by atoms with Crippen LogP contribution in [0.25, 0.3) is 0 Å². The molecule has 1 aromatic rings. The van der Waals surface area contributed by atoms with E-state index in [1.165, 1.54) is 17.5 Å². The first-order chi connectivity index (χ1) is 8.93. The molecule has 1 aromatic carbocycles. The standard InChI is InChI=1S/C13H20ClNO3S/c1-4-5-6-9-15(2)19(16,17)13-10-11(14)7-8-12(13)18-3/h7-8,10H,4-6,9H2,1-3H3. The van der Waals surface area contributed by atoms with E-state index in [-0.39, 0.29) is 4.90 Å². The van der Waals surface area contributed by atoms with Crippen LogP contribution < -0.4 is 4.74 Å². The summed E-state index contributed by atoms with van der Waals surface area (Å²) < 4.78 is 31.3. The fourth-order valence-corrected chi connectivity index (χ4v) is 3.35. The topological polar surface area (TPSA) is 46.6 Å². The van der Waals surface area contributed by atoms with E-state index in [2.05, 4.69) is 6.92 Å². The molecule has 0 unspecified atom stereocenters. The third-order valence-corrected chi connectivity index (χ3v) is 5.00. The third kappa shape index (κ3) is 4.09. The fourth-order valence-electron chi connectivity index (χ4n) is 1.72. The number of halogens is 1. The summed E-state index contributed by atoms with van der Waals surface area (Å²) >= 11 is 5.87. The molecule has 0 atom stereocenters. The lowest BCUT2D eigenvalue weighted by Crippen LogP contribution is -2.28. The molecule has 0 spiro atoms. The maximum Gasteiger partial charge on any atom is 0.246 e. The van der Waals surface area contributed by atoms with Crippen LogP contribution in [0.4, 0.5) is 0 Å². The fraction of sp³-hybridized carbons (Fsp3) is 0.538. The first-order valence-corrected chi connectivity index (χ1v) is 8.05. The van der Waals surface area contributed by atoms with E-state index in [0.29, 0.717) is 17.3 Å². The van der Waals surface area contributed by atoms with Crippen LogP contribution in [0, 0.1) is 0 Å². The summed E-state index contributed by atoms with van der Waals surface area (Å²) in [4.78, 5) is 0.112. The van der Waals surface area contributed by atoms with Crippen molar-refractivity contribution in [3.05, 3.63) is 23.2 Å². The van der Waals surface area contributed by atoms with E-state index in [1.807, 2.05) is 0 Å². The molecule has 0 aromatic heterocycles. The molecule has 108 valence electrons. The van der Waals surface area contributed by atoms with Crippen LogP contribution in [0.3, 0.4) is 0 Å². The molecule has 0 saturated heterocycles. The largest absolute Gasteiger partial charge is 0.495 e. The minimum Gasteiger partial charge on any atom is -0.495 e. The Balaban J connectivity index is 3.02. The zero-order valence-corrected chi connectivity index (χ0v) is 13.1. The molecule has 0 N–H and O–H groups in total. The third-order valence-electron chi connectivity index (χ3n) is 2.89. The van der Waals surface area contributed by atoms with Gasteiger partial charge in [-0.15, -0.1) is 0 Å². The van der Waals surface area contributed by atoms with E-state index in [9.17, 15) is 8.42 Å². The van der Waals surface area contributed by atoms with Crippen LogP contribution in [-0.4, -0.2) is 33.4 Å². The molecular weight excluding hydrogens is 286 g/mol. The zero-order valence-electron chi connectivity index (χ0n) is 11.5. The number of unbranched alkanes of at least 4 members (excludes halogenated alkanes) is 2. The van der Waals surface area contributed by atoms with E-state index in [0.717, 1.165) is 19.3 Å². The van der Waals surface area contributed by atoms with E-state index >= 15 is 0 Å². The van der Waals surface area contributed by atoms with Gasteiger partial charge in [-0.25, -0.2) is 12.7 Å². The van der Waals surface area contributed by atoms with Crippen LogP contribution >= 0.6 is 11.6 Å². The number of methoxy groups -OCH3 is 1. The average molecular weight is 306 g/mol. The SMILES string of the molecule is CCCCCN(C)S(=O)(=O)c1cc(Cl)ccc1OC. The molecule has 0 heterocycles. The molecule has 1 rings (SSSR count). The van der Waals surface area contributed by atoms with Crippen molar-refractivity contribution < 1.29 is 13.2 Å². The molecule has 0 fully saturated rings. The number of hydrogen-bond donors (Lipinski definition) is 0. The second-order valence-electron chi connectivity index (χ2n) is 4.33. The van der Waals surface area contributed by atoms with Gasteiger partial charge in [0.2, 0.25) is 10.0 Å². The van der Waals surface area contributed by atoms with Crippen molar-refractivity contribution in [2.24, 2.45) is 0 Å². The minimum absolute atomic E-state index is 0.112. The summed E-state index contributed by atoms with van der Waals surface area (Å²) in [7, 11) is -0.542. The van der Waals surface area contributed by atoms with Crippen LogP contribution in [0.1, 0.15) is 26.2 Å². The van der Waals surface area contributed by atoms with Crippen molar-refractivity contribution in [1.29, 1.82) is 0 Å². The van der Waals surface area contributed by atoms with Gasteiger partial charge in [-0.2, -0.15) is 0 Å². The molecule has 6 heteroatoms. The van der Waals surface area contributed by atoms with Crippen LogP contribution in [0.15, 0.2) is 23.1 Å². The van der Waals surface area contributed by atoms with Crippen molar-refractivity contribution in [3.63, 3.8) is 0 Å². The van der Waals surface area contributed by atoms with Crippen LogP contribution in [-0.2, 0) is 10.0 Å². The Hall–Kier alpha value is -0.780. The molecule has 4 nitrogen and oxygen atoms in total. The number of benzene rings is 1. The zero-order chi connectivity index (χ0) is 14.5. The highest BCUT2D eigenvalue weighted by atomic mass is 35.5. The van der Waals surface area contributed by atoms with Crippen molar-refractivity contribution >= 4 is 21.6 Å². The van der Waals surface area contributed by atoms with Crippen LogP contribution in [0.5, 0.6) is 5.75 Å². The highest BCUT2D eigenvalue weighted by Gasteiger charge is 2.24.